The summed E-state index contributed by atoms with van der Waals surface area (Å²) in [5.74, 6) is 0.341. The monoisotopic (exact) mass is 289 g/mol. The van der Waals surface area contributed by atoms with Gasteiger partial charge in [-0.2, -0.15) is 0 Å². The number of fused-ring (bicyclic) bond motifs is 1. The molecule has 0 saturated heterocycles. The number of aromatic nitrogens is 1. The number of amides is 1. The molecule has 0 fully saturated rings. The van der Waals surface area contributed by atoms with Crippen LogP contribution in [0.25, 0.3) is 0 Å². The van der Waals surface area contributed by atoms with Gasteiger partial charge in [0.1, 0.15) is 5.82 Å². The lowest BCUT2D eigenvalue weighted by molar-refractivity contribution is -0.115. The van der Waals surface area contributed by atoms with Crippen LogP contribution in [0.3, 0.4) is 0 Å². The molecule has 7 heteroatoms. The standard InChI is InChI=1S/C13H11N3O3S/c17-12-7-9-6-10(8-14-13(9)15-12)16-20(18,19)11-4-2-1-3-5-11/h1-6,8,16H,7H2,(H,14,15,17). The van der Waals surface area contributed by atoms with E-state index < -0.39 is 10.0 Å². The van der Waals surface area contributed by atoms with Crippen LogP contribution in [0.15, 0.2) is 47.5 Å². The van der Waals surface area contributed by atoms with Crippen LogP contribution >= 0.6 is 0 Å². The Balaban J connectivity index is 1.89. The Morgan fingerprint density at radius 2 is 1.95 bits per heavy atom. The first kappa shape index (κ1) is 12.6. The molecule has 1 aliphatic heterocycles. The van der Waals surface area contributed by atoms with E-state index in [0.717, 1.165) is 0 Å². The van der Waals surface area contributed by atoms with Crippen molar-refractivity contribution in [1.29, 1.82) is 0 Å². The third-order valence-corrected chi connectivity index (χ3v) is 4.28. The van der Waals surface area contributed by atoms with E-state index in [4.69, 9.17) is 0 Å². The summed E-state index contributed by atoms with van der Waals surface area (Å²) in [5.41, 5.74) is 1.02. The molecule has 20 heavy (non-hydrogen) atoms. The minimum absolute atomic E-state index is 0.143. The van der Waals surface area contributed by atoms with E-state index in [1.807, 2.05) is 0 Å². The lowest BCUT2D eigenvalue weighted by atomic mass is 10.2. The van der Waals surface area contributed by atoms with Gasteiger partial charge in [0, 0.05) is 5.56 Å². The van der Waals surface area contributed by atoms with Gasteiger partial charge in [0.25, 0.3) is 10.0 Å². The second-order valence-corrected chi connectivity index (χ2v) is 6.06. The van der Waals surface area contributed by atoms with Crippen molar-refractivity contribution in [3.63, 3.8) is 0 Å². The highest BCUT2D eigenvalue weighted by atomic mass is 32.2. The number of anilines is 2. The van der Waals surface area contributed by atoms with Gasteiger partial charge in [-0.15, -0.1) is 0 Å². The van der Waals surface area contributed by atoms with Gasteiger partial charge in [0.2, 0.25) is 5.91 Å². The molecular weight excluding hydrogens is 278 g/mol. The van der Waals surface area contributed by atoms with Crippen molar-refractivity contribution < 1.29 is 13.2 Å². The zero-order valence-corrected chi connectivity index (χ0v) is 11.1. The number of hydrogen-bond donors (Lipinski definition) is 2. The van der Waals surface area contributed by atoms with E-state index >= 15 is 0 Å². The molecule has 1 amide bonds. The molecule has 0 radical (unpaired) electrons. The Bertz CT molecular complexity index is 773. The predicted molar refractivity (Wildman–Crippen MR) is 73.8 cm³/mol. The number of sulfonamides is 1. The van der Waals surface area contributed by atoms with Gasteiger partial charge < -0.3 is 5.32 Å². The summed E-state index contributed by atoms with van der Waals surface area (Å²) >= 11 is 0. The van der Waals surface area contributed by atoms with E-state index in [1.54, 1.807) is 24.3 Å². The van der Waals surface area contributed by atoms with Gasteiger partial charge in [0.15, 0.2) is 0 Å². The average Bonchev–Trinajstić information content (AvgIpc) is 2.79. The number of carbonyl (C=O) groups excluding carboxylic acids is 1. The van der Waals surface area contributed by atoms with E-state index in [2.05, 4.69) is 15.0 Å². The lowest BCUT2D eigenvalue weighted by Gasteiger charge is -2.08. The first-order valence-corrected chi connectivity index (χ1v) is 7.39. The molecule has 0 atom stereocenters. The number of rotatable bonds is 3. The SMILES string of the molecule is O=C1Cc2cc(NS(=O)(=O)c3ccccc3)cnc2N1. The molecular formula is C13H11N3O3S. The van der Waals surface area contributed by atoms with Crippen molar-refractivity contribution in [2.45, 2.75) is 11.3 Å². The Kier molecular flexibility index (Phi) is 2.90. The van der Waals surface area contributed by atoms with Gasteiger partial charge in [-0.05, 0) is 18.2 Å². The fourth-order valence-electron chi connectivity index (χ4n) is 1.98. The summed E-state index contributed by atoms with van der Waals surface area (Å²) in [7, 11) is -3.64. The zero-order chi connectivity index (χ0) is 14.2. The van der Waals surface area contributed by atoms with Crippen molar-refractivity contribution in [3.05, 3.63) is 48.2 Å². The van der Waals surface area contributed by atoms with Crippen LogP contribution in [-0.2, 0) is 21.2 Å². The second kappa shape index (κ2) is 4.61. The summed E-state index contributed by atoms with van der Waals surface area (Å²) in [4.78, 5) is 15.4. The van der Waals surface area contributed by atoms with Crippen molar-refractivity contribution in [2.24, 2.45) is 0 Å². The molecule has 0 unspecified atom stereocenters. The van der Waals surface area contributed by atoms with Crippen LogP contribution in [-0.4, -0.2) is 19.3 Å². The van der Waals surface area contributed by atoms with Crippen molar-refractivity contribution in [3.8, 4) is 0 Å². The van der Waals surface area contributed by atoms with Crippen molar-refractivity contribution in [2.75, 3.05) is 10.0 Å². The summed E-state index contributed by atoms with van der Waals surface area (Å²) in [6.07, 6.45) is 1.59. The molecule has 102 valence electrons. The van der Waals surface area contributed by atoms with E-state index in [9.17, 15) is 13.2 Å². The molecule has 0 bridgehead atoms. The molecule has 1 aliphatic rings. The Hall–Kier alpha value is -2.41. The summed E-state index contributed by atoms with van der Waals surface area (Å²) in [5, 5.41) is 2.59. The van der Waals surface area contributed by atoms with Gasteiger partial charge in [0.05, 0.1) is 23.2 Å². The number of nitrogens with zero attached hydrogens (tertiary/aromatic N) is 1. The number of benzene rings is 1. The number of pyridine rings is 1. The summed E-state index contributed by atoms with van der Waals surface area (Å²) < 4.78 is 26.7. The van der Waals surface area contributed by atoms with Crippen LogP contribution in [0, 0.1) is 0 Å². The van der Waals surface area contributed by atoms with Gasteiger partial charge >= 0.3 is 0 Å². The zero-order valence-electron chi connectivity index (χ0n) is 10.3. The fraction of sp³-hybridized carbons (Fsp3) is 0.0769. The topological polar surface area (TPSA) is 88.2 Å². The second-order valence-electron chi connectivity index (χ2n) is 4.38. The van der Waals surface area contributed by atoms with Gasteiger partial charge in [-0.1, -0.05) is 18.2 Å². The van der Waals surface area contributed by atoms with E-state index in [1.165, 1.54) is 18.3 Å². The highest BCUT2D eigenvalue weighted by Gasteiger charge is 2.20. The van der Waals surface area contributed by atoms with Crippen LogP contribution in [0.5, 0.6) is 0 Å². The molecule has 2 heterocycles. The molecule has 1 aromatic heterocycles. The number of carbonyl (C=O) groups is 1. The summed E-state index contributed by atoms with van der Waals surface area (Å²) in [6, 6.07) is 9.67. The molecule has 6 nitrogen and oxygen atoms in total. The minimum Gasteiger partial charge on any atom is -0.310 e. The first-order valence-electron chi connectivity index (χ1n) is 5.91. The van der Waals surface area contributed by atoms with Gasteiger partial charge in [-0.3, -0.25) is 9.52 Å². The van der Waals surface area contributed by atoms with Crippen molar-refractivity contribution >= 4 is 27.4 Å². The quantitative estimate of drug-likeness (QED) is 0.893. The van der Waals surface area contributed by atoms with Gasteiger partial charge in [-0.25, -0.2) is 13.4 Å². The number of hydrogen-bond acceptors (Lipinski definition) is 4. The van der Waals surface area contributed by atoms with Crippen LogP contribution in [0.2, 0.25) is 0 Å². The highest BCUT2D eigenvalue weighted by Crippen LogP contribution is 2.24. The molecule has 1 aromatic carbocycles. The Morgan fingerprint density at radius 1 is 1.20 bits per heavy atom. The van der Waals surface area contributed by atoms with Crippen LogP contribution in [0.4, 0.5) is 11.5 Å². The van der Waals surface area contributed by atoms with Crippen LogP contribution < -0.4 is 10.0 Å². The largest absolute Gasteiger partial charge is 0.310 e. The molecule has 3 rings (SSSR count). The lowest BCUT2D eigenvalue weighted by Crippen LogP contribution is -2.13. The Morgan fingerprint density at radius 3 is 2.70 bits per heavy atom. The maximum Gasteiger partial charge on any atom is 0.261 e. The third-order valence-electron chi connectivity index (χ3n) is 2.88. The van der Waals surface area contributed by atoms with E-state index in [0.29, 0.717) is 17.1 Å². The van der Waals surface area contributed by atoms with E-state index in [-0.39, 0.29) is 17.2 Å². The van der Waals surface area contributed by atoms with Crippen LogP contribution in [0.1, 0.15) is 5.56 Å². The molecule has 2 N–H and O–H groups in total. The van der Waals surface area contributed by atoms with Crippen molar-refractivity contribution in [1.82, 2.24) is 4.98 Å². The molecule has 0 aliphatic carbocycles. The fourth-order valence-corrected chi connectivity index (χ4v) is 3.03. The number of nitrogens with one attached hydrogen (secondary N) is 2. The predicted octanol–water partition coefficient (Wildman–Crippen LogP) is 1.38. The average molecular weight is 289 g/mol. The Labute approximate surface area is 115 Å². The summed E-state index contributed by atoms with van der Waals surface area (Å²) in [6.45, 7) is 0. The normalized spacial score (nSPS) is 13.7. The maximum atomic E-state index is 12.1. The third kappa shape index (κ3) is 2.35. The molecule has 0 saturated carbocycles. The molecule has 0 spiro atoms. The maximum absolute atomic E-state index is 12.1. The smallest absolute Gasteiger partial charge is 0.261 e. The highest BCUT2D eigenvalue weighted by molar-refractivity contribution is 7.92. The minimum atomic E-state index is -3.64. The first-order chi connectivity index (χ1) is 9.54. The molecule has 2 aromatic rings.